The summed E-state index contributed by atoms with van der Waals surface area (Å²) >= 11 is 3.30. The third-order valence-corrected chi connectivity index (χ3v) is 2.37. The first-order valence-electron chi connectivity index (χ1n) is 3.20. The van der Waals surface area contributed by atoms with Gasteiger partial charge in [-0.3, -0.25) is 4.79 Å². The molecule has 0 radical (unpaired) electrons. The van der Waals surface area contributed by atoms with Gasteiger partial charge >= 0.3 is 0 Å². The standard InChI is InChI=1S/C7H5BrN2O/c8-4-2-1-3-5-6(4)7(11)10-9-5/h1-3,6H,(H,10,11). The van der Waals surface area contributed by atoms with Crippen molar-refractivity contribution in [1.82, 2.24) is 5.43 Å². The molecule has 0 aromatic rings. The Balaban J connectivity index is 2.43. The summed E-state index contributed by atoms with van der Waals surface area (Å²) in [5, 5.41) is 3.85. The third-order valence-electron chi connectivity index (χ3n) is 1.65. The molecule has 0 saturated heterocycles. The number of nitrogens with one attached hydrogen (secondary N) is 1. The molecule has 1 amide bonds. The van der Waals surface area contributed by atoms with E-state index in [9.17, 15) is 4.79 Å². The molecule has 0 saturated carbocycles. The molecule has 0 spiro atoms. The van der Waals surface area contributed by atoms with E-state index in [1.807, 2.05) is 18.2 Å². The van der Waals surface area contributed by atoms with E-state index in [2.05, 4.69) is 26.5 Å². The molecular formula is C7H5BrN2O. The number of hydrogen-bond acceptors (Lipinski definition) is 2. The van der Waals surface area contributed by atoms with E-state index in [1.165, 1.54) is 0 Å². The Morgan fingerprint density at radius 1 is 1.64 bits per heavy atom. The van der Waals surface area contributed by atoms with Gasteiger partial charge in [0.25, 0.3) is 5.91 Å². The van der Waals surface area contributed by atoms with E-state index in [1.54, 1.807) is 0 Å². The maximum Gasteiger partial charge on any atom is 0.254 e. The second kappa shape index (κ2) is 2.30. The van der Waals surface area contributed by atoms with E-state index in [0.717, 1.165) is 10.2 Å². The van der Waals surface area contributed by atoms with Crippen LogP contribution in [-0.2, 0) is 4.79 Å². The van der Waals surface area contributed by atoms with Crippen LogP contribution in [0, 0.1) is 5.92 Å². The van der Waals surface area contributed by atoms with E-state index >= 15 is 0 Å². The van der Waals surface area contributed by atoms with Crippen LogP contribution < -0.4 is 5.43 Å². The van der Waals surface area contributed by atoms with Crippen molar-refractivity contribution in [2.24, 2.45) is 11.0 Å². The van der Waals surface area contributed by atoms with Gasteiger partial charge < -0.3 is 0 Å². The lowest BCUT2D eigenvalue weighted by molar-refractivity contribution is -0.121. The minimum Gasteiger partial charge on any atom is -0.272 e. The van der Waals surface area contributed by atoms with Gasteiger partial charge in [0.15, 0.2) is 0 Å². The van der Waals surface area contributed by atoms with Gasteiger partial charge in [0, 0.05) is 4.48 Å². The molecule has 1 atom stereocenters. The van der Waals surface area contributed by atoms with Crippen molar-refractivity contribution in [2.45, 2.75) is 0 Å². The molecule has 0 aromatic heterocycles. The van der Waals surface area contributed by atoms with Crippen LogP contribution in [0.4, 0.5) is 0 Å². The predicted octanol–water partition coefficient (Wildman–Crippen LogP) is 0.937. The van der Waals surface area contributed by atoms with Gasteiger partial charge in [-0.05, 0) is 6.08 Å². The molecule has 11 heavy (non-hydrogen) atoms. The number of nitrogens with zero attached hydrogens (tertiary/aromatic N) is 1. The fourth-order valence-corrected chi connectivity index (χ4v) is 1.71. The Hall–Kier alpha value is -0.900. The van der Waals surface area contributed by atoms with Crippen molar-refractivity contribution in [2.75, 3.05) is 0 Å². The highest BCUT2D eigenvalue weighted by Crippen LogP contribution is 2.26. The topological polar surface area (TPSA) is 41.5 Å². The second-order valence-electron chi connectivity index (χ2n) is 2.36. The van der Waals surface area contributed by atoms with Gasteiger partial charge in [0.2, 0.25) is 0 Å². The summed E-state index contributed by atoms with van der Waals surface area (Å²) in [5.41, 5.74) is 3.20. The number of amides is 1. The van der Waals surface area contributed by atoms with Crippen LogP contribution in [0.15, 0.2) is 27.8 Å². The summed E-state index contributed by atoms with van der Waals surface area (Å²) < 4.78 is 0.869. The van der Waals surface area contributed by atoms with Crippen molar-refractivity contribution >= 4 is 27.5 Å². The van der Waals surface area contributed by atoms with Crippen LogP contribution in [0.1, 0.15) is 0 Å². The van der Waals surface area contributed by atoms with Crippen LogP contribution >= 0.6 is 15.9 Å². The maximum atomic E-state index is 11.1. The van der Waals surface area contributed by atoms with Crippen LogP contribution in [0.25, 0.3) is 0 Å². The lowest BCUT2D eigenvalue weighted by atomic mass is 9.99. The number of fused-ring (bicyclic) bond motifs is 1. The maximum absolute atomic E-state index is 11.1. The van der Waals surface area contributed by atoms with Crippen molar-refractivity contribution in [3.8, 4) is 0 Å². The van der Waals surface area contributed by atoms with Gasteiger partial charge in [-0.15, -0.1) is 0 Å². The summed E-state index contributed by atoms with van der Waals surface area (Å²) in [6.07, 6.45) is 5.54. The number of halogens is 1. The Morgan fingerprint density at radius 2 is 2.45 bits per heavy atom. The summed E-state index contributed by atoms with van der Waals surface area (Å²) in [7, 11) is 0. The molecule has 1 unspecified atom stereocenters. The number of allylic oxidation sites excluding steroid dienone is 3. The number of rotatable bonds is 0. The summed E-state index contributed by atoms with van der Waals surface area (Å²) in [6, 6.07) is 0. The molecule has 4 heteroatoms. The van der Waals surface area contributed by atoms with Crippen LogP contribution in [-0.4, -0.2) is 11.6 Å². The number of hydrazone groups is 1. The molecular weight excluding hydrogens is 208 g/mol. The van der Waals surface area contributed by atoms with E-state index in [0.29, 0.717) is 0 Å². The van der Waals surface area contributed by atoms with Crippen molar-refractivity contribution < 1.29 is 4.79 Å². The second-order valence-corrected chi connectivity index (χ2v) is 3.27. The molecule has 56 valence electrons. The van der Waals surface area contributed by atoms with Crippen LogP contribution in [0.2, 0.25) is 0 Å². The highest BCUT2D eigenvalue weighted by atomic mass is 79.9. The first-order valence-corrected chi connectivity index (χ1v) is 3.99. The first-order chi connectivity index (χ1) is 5.29. The van der Waals surface area contributed by atoms with Crippen molar-refractivity contribution in [3.63, 3.8) is 0 Å². The fourth-order valence-electron chi connectivity index (χ4n) is 1.12. The van der Waals surface area contributed by atoms with Gasteiger partial charge in [-0.25, -0.2) is 5.43 Å². The molecule has 0 bridgehead atoms. The molecule has 2 aliphatic rings. The van der Waals surface area contributed by atoms with E-state index in [4.69, 9.17) is 0 Å². The molecule has 0 fully saturated rings. The molecule has 2 rings (SSSR count). The number of hydrogen-bond donors (Lipinski definition) is 1. The normalized spacial score (nSPS) is 27.4. The minimum atomic E-state index is -0.208. The zero-order valence-electron chi connectivity index (χ0n) is 5.54. The SMILES string of the molecule is O=C1NN=C2C=CC=C(Br)C12. The Bertz CT molecular complexity index is 304. The zero-order chi connectivity index (χ0) is 7.84. The monoisotopic (exact) mass is 212 g/mol. The van der Waals surface area contributed by atoms with E-state index in [-0.39, 0.29) is 11.8 Å². The Labute approximate surface area is 72.0 Å². The summed E-state index contributed by atoms with van der Waals surface area (Å²) in [4.78, 5) is 11.1. The fraction of sp³-hybridized carbons (Fsp3) is 0.143. The predicted molar refractivity (Wildman–Crippen MR) is 45.2 cm³/mol. The van der Waals surface area contributed by atoms with E-state index < -0.39 is 0 Å². The number of carbonyl (C=O) groups excluding carboxylic acids is 1. The third kappa shape index (κ3) is 0.939. The lowest BCUT2D eigenvalue weighted by Gasteiger charge is -2.08. The largest absolute Gasteiger partial charge is 0.272 e. The molecule has 3 nitrogen and oxygen atoms in total. The Morgan fingerprint density at radius 3 is 3.18 bits per heavy atom. The summed E-state index contributed by atoms with van der Waals surface area (Å²) in [6.45, 7) is 0. The number of carbonyl (C=O) groups is 1. The highest BCUT2D eigenvalue weighted by molar-refractivity contribution is 9.11. The van der Waals surface area contributed by atoms with Crippen LogP contribution in [0.3, 0.4) is 0 Å². The van der Waals surface area contributed by atoms with Crippen molar-refractivity contribution in [1.29, 1.82) is 0 Å². The van der Waals surface area contributed by atoms with Gasteiger partial charge in [0.05, 0.1) is 5.71 Å². The molecule has 1 aliphatic carbocycles. The highest BCUT2D eigenvalue weighted by Gasteiger charge is 2.31. The smallest absolute Gasteiger partial charge is 0.254 e. The molecule has 1 N–H and O–H groups in total. The minimum absolute atomic E-state index is 0.0625. The van der Waals surface area contributed by atoms with Crippen LogP contribution in [0.5, 0.6) is 0 Å². The van der Waals surface area contributed by atoms with Crippen molar-refractivity contribution in [3.05, 3.63) is 22.7 Å². The first kappa shape index (κ1) is 6.79. The van der Waals surface area contributed by atoms with Gasteiger partial charge in [-0.2, -0.15) is 5.10 Å². The average molecular weight is 213 g/mol. The van der Waals surface area contributed by atoms with Gasteiger partial charge in [-0.1, -0.05) is 28.1 Å². The molecule has 1 aliphatic heterocycles. The lowest BCUT2D eigenvalue weighted by Crippen LogP contribution is -2.23. The quantitative estimate of drug-likeness (QED) is 0.639. The Kier molecular flexibility index (Phi) is 1.42. The average Bonchev–Trinajstić information content (AvgIpc) is 2.34. The van der Waals surface area contributed by atoms with Gasteiger partial charge in [0.1, 0.15) is 5.92 Å². The molecule has 1 heterocycles. The zero-order valence-corrected chi connectivity index (χ0v) is 7.13. The summed E-state index contributed by atoms with van der Waals surface area (Å²) in [5.74, 6) is -0.271. The molecule has 0 aromatic carbocycles.